The Kier molecular flexibility index (Phi) is 4.62. The SMILES string of the molecule is COC(CN)C(=O)Nc1ccc(-c2nccs2)cc1. The summed E-state index contributed by atoms with van der Waals surface area (Å²) in [5.74, 6) is -0.244. The average molecular weight is 277 g/mol. The molecule has 1 unspecified atom stereocenters. The number of rotatable bonds is 5. The maximum Gasteiger partial charge on any atom is 0.254 e. The van der Waals surface area contributed by atoms with Crippen LogP contribution in [0, 0.1) is 0 Å². The Labute approximate surface area is 115 Å². The first kappa shape index (κ1) is 13.7. The second-order valence-corrected chi connectivity index (χ2v) is 4.76. The number of amides is 1. The topological polar surface area (TPSA) is 77.2 Å². The minimum absolute atomic E-state index is 0.152. The number of hydrogen-bond donors (Lipinski definition) is 2. The van der Waals surface area contributed by atoms with E-state index in [0.717, 1.165) is 10.6 Å². The zero-order chi connectivity index (χ0) is 13.7. The van der Waals surface area contributed by atoms with Gasteiger partial charge in [0, 0.05) is 36.5 Å². The van der Waals surface area contributed by atoms with Crippen LogP contribution in [0.1, 0.15) is 0 Å². The van der Waals surface area contributed by atoms with Crippen molar-refractivity contribution in [2.24, 2.45) is 5.73 Å². The number of thiazole rings is 1. The number of ether oxygens (including phenoxy) is 1. The van der Waals surface area contributed by atoms with Crippen molar-refractivity contribution in [3.63, 3.8) is 0 Å². The van der Waals surface area contributed by atoms with Gasteiger partial charge in [-0.3, -0.25) is 4.79 Å². The molecule has 2 rings (SSSR count). The van der Waals surface area contributed by atoms with Crippen molar-refractivity contribution >= 4 is 22.9 Å². The summed E-state index contributed by atoms with van der Waals surface area (Å²) in [7, 11) is 1.46. The summed E-state index contributed by atoms with van der Waals surface area (Å²) in [5, 5.41) is 5.63. The molecule has 1 aromatic carbocycles. The predicted octanol–water partition coefficient (Wildman–Crippen LogP) is 1.72. The molecular formula is C13H15N3O2S. The number of aromatic nitrogens is 1. The minimum atomic E-state index is -0.626. The molecule has 2 aromatic rings. The summed E-state index contributed by atoms with van der Waals surface area (Å²) in [4.78, 5) is 16.0. The van der Waals surface area contributed by atoms with Gasteiger partial charge in [-0.05, 0) is 24.3 Å². The lowest BCUT2D eigenvalue weighted by Crippen LogP contribution is -2.35. The van der Waals surface area contributed by atoms with E-state index in [1.54, 1.807) is 17.5 Å². The largest absolute Gasteiger partial charge is 0.370 e. The molecular weight excluding hydrogens is 262 g/mol. The zero-order valence-electron chi connectivity index (χ0n) is 10.5. The second kappa shape index (κ2) is 6.42. The lowest BCUT2D eigenvalue weighted by atomic mass is 10.2. The average Bonchev–Trinajstić information content (AvgIpc) is 2.95. The molecule has 0 radical (unpaired) electrons. The van der Waals surface area contributed by atoms with E-state index >= 15 is 0 Å². The molecule has 0 fully saturated rings. The third-order valence-electron chi connectivity index (χ3n) is 2.62. The molecule has 1 heterocycles. The molecule has 0 bridgehead atoms. The van der Waals surface area contributed by atoms with Crippen molar-refractivity contribution in [2.45, 2.75) is 6.10 Å². The number of nitrogens with one attached hydrogen (secondary N) is 1. The van der Waals surface area contributed by atoms with Gasteiger partial charge < -0.3 is 15.8 Å². The third kappa shape index (κ3) is 3.37. The van der Waals surface area contributed by atoms with Gasteiger partial charge in [-0.25, -0.2) is 4.98 Å². The Morgan fingerprint density at radius 1 is 1.47 bits per heavy atom. The second-order valence-electron chi connectivity index (χ2n) is 3.86. The molecule has 0 saturated carbocycles. The van der Waals surface area contributed by atoms with Crippen molar-refractivity contribution < 1.29 is 9.53 Å². The van der Waals surface area contributed by atoms with E-state index in [2.05, 4.69) is 10.3 Å². The molecule has 0 aliphatic rings. The van der Waals surface area contributed by atoms with Crippen LogP contribution in [-0.2, 0) is 9.53 Å². The fourth-order valence-electron chi connectivity index (χ4n) is 1.60. The summed E-state index contributed by atoms with van der Waals surface area (Å²) in [6.45, 7) is 0.152. The van der Waals surface area contributed by atoms with Crippen LogP contribution >= 0.6 is 11.3 Å². The Bertz CT molecular complexity index is 521. The fraction of sp³-hybridized carbons (Fsp3) is 0.231. The van der Waals surface area contributed by atoms with Gasteiger partial charge in [0.05, 0.1) is 0 Å². The molecule has 1 aromatic heterocycles. The van der Waals surface area contributed by atoms with Crippen molar-refractivity contribution in [3.05, 3.63) is 35.8 Å². The highest BCUT2D eigenvalue weighted by Gasteiger charge is 2.15. The molecule has 0 spiro atoms. The van der Waals surface area contributed by atoms with Crippen molar-refractivity contribution in [1.82, 2.24) is 4.98 Å². The highest BCUT2D eigenvalue weighted by Crippen LogP contribution is 2.23. The van der Waals surface area contributed by atoms with Crippen LogP contribution in [0.2, 0.25) is 0 Å². The first-order chi connectivity index (χ1) is 9.24. The first-order valence-electron chi connectivity index (χ1n) is 5.78. The number of benzene rings is 1. The number of carbonyl (C=O) groups excluding carboxylic acids is 1. The number of nitrogens with two attached hydrogens (primary N) is 1. The van der Waals surface area contributed by atoms with Crippen LogP contribution < -0.4 is 11.1 Å². The number of nitrogens with zero attached hydrogens (tertiary/aromatic N) is 1. The maximum atomic E-state index is 11.8. The molecule has 0 saturated heterocycles. The molecule has 1 amide bonds. The van der Waals surface area contributed by atoms with Gasteiger partial charge in [0.2, 0.25) is 0 Å². The van der Waals surface area contributed by atoms with Gasteiger partial charge >= 0.3 is 0 Å². The number of carbonyl (C=O) groups is 1. The third-order valence-corrected chi connectivity index (χ3v) is 3.44. The monoisotopic (exact) mass is 277 g/mol. The van der Waals surface area contributed by atoms with Crippen LogP contribution in [0.25, 0.3) is 10.6 Å². The quantitative estimate of drug-likeness (QED) is 0.872. The summed E-state index contributed by atoms with van der Waals surface area (Å²) in [6, 6.07) is 7.49. The summed E-state index contributed by atoms with van der Waals surface area (Å²) < 4.78 is 4.97. The standard InChI is InChI=1S/C13H15N3O2S/c1-18-11(8-14)12(17)16-10-4-2-9(3-5-10)13-15-6-7-19-13/h2-7,11H,8,14H2,1H3,(H,16,17). The van der Waals surface area contributed by atoms with Crippen LogP contribution in [0.5, 0.6) is 0 Å². The number of hydrogen-bond acceptors (Lipinski definition) is 5. The molecule has 19 heavy (non-hydrogen) atoms. The van der Waals surface area contributed by atoms with E-state index in [4.69, 9.17) is 10.5 Å². The van der Waals surface area contributed by atoms with Crippen LogP contribution in [0.15, 0.2) is 35.8 Å². The smallest absolute Gasteiger partial charge is 0.254 e. The van der Waals surface area contributed by atoms with E-state index in [1.165, 1.54) is 7.11 Å². The minimum Gasteiger partial charge on any atom is -0.370 e. The Balaban J connectivity index is 2.05. The molecule has 5 nitrogen and oxygen atoms in total. The molecule has 6 heteroatoms. The lowest BCUT2D eigenvalue weighted by molar-refractivity contribution is -0.125. The maximum absolute atomic E-state index is 11.8. The van der Waals surface area contributed by atoms with Crippen molar-refractivity contribution in [1.29, 1.82) is 0 Å². The first-order valence-corrected chi connectivity index (χ1v) is 6.66. The molecule has 0 aliphatic heterocycles. The van der Waals surface area contributed by atoms with Gasteiger partial charge in [0.25, 0.3) is 5.91 Å². The van der Waals surface area contributed by atoms with E-state index in [-0.39, 0.29) is 12.5 Å². The summed E-state index contributed by atoms with van der Waals surface area (Å²) >= 11 is 1.57. The van der Waals surface area contributed by atoms with Gasteiger partial charge in [-0.15, -0.1) is 11.3 Å². The van der Waals surface area contributed by atoms with E-state index in [0.29, 0.717) is 5.69 Å². The predicted molar refractivity (Wildman–Crippen MR) is 76.0 cm³/mol. The van der Waals surface area contributed by atoms with Crippen LogP contribution in [0.3, 0.4) is 0 Å². The zero-order valence-corrected chi connectivity index (χ0v) is 11.3. The number of anilines is 1. The Hall–Kier alpha value is -1.76. The van der Waals surface area contributed by atoms with Crippen LogP contribution in [0.4, 0.5) is 5.69 Å². The van der Waals surface area contributed by atoms with E-state index < -0.39 is 6.10 Å². The lowest BCUT2D eigenvalue weighted by Gasteiger charge is -2.13. The van der Waals surface area contributed by atoms with Gasteiger partial charge in [-0.2, -0.15) is 0 Å². The van der Waals surface area contributed by atoms with E-state index in [9.17, 15) is 4.79 Å². The molecule has 1 atom stereocenters. The van der Waals surface area contributed by atoms with Crippen molar-refractivity contribution in [2.75, 3.05) is 19.0 Å². The Morgan fingerprint density at radius 2 is 2.21 bits per heavy atom. The highest BCUT2D eigenvalue weighted by atomic mass is 32.1. The van der Waals surface area contributed by atoms with E-state index in [1.807, 2.05) is 29.6 Å². The summed E-state index contributed by atoms with van der Waals surface area (Å²) in [5.41, 5.74) is 7.17. The molecule has 100 valence electrons. The molecule has 0 aliphatic carbocycles. The van der Waals surface area contributed by atoms with Gasteiger partial charge in [-0.1, -0.05) is 0 Å². The van der Waals surface area contributed by atoms with Gasteiger partial charge in [0.15, 0.2) is 0 Å². The normalized spacial score (nSPS) is 12.1. The Morgan fingerprint density at radius 3 is 2.74 bits per heavy atom. The summed E-state index contributed by atoms with van der Waals surface area (Å²) in [6.07, 6.45) is 1.14. The van der Waals surface area contributed by atoms with Gasteiger partial charge in [0.1, 0.15) is 11.1 Å². The fourth-order valence-corrected chi connectivity index (χ4v) is 2.24. The van der Waals surface area contributed by atoms with Crippen molar-refractivity contribution in [3.8, 4) is 10.6 Å². The molecule has 3 N–H and O–H groups in total. The number of methoxy groups -OCH3 is 1. The van der Waals surface area contributed by atoms with Crippen LogP contribution in [-0.4, -0.2) is 30.6 Å². The highest BCUT2D eigenvalue weighted by molar-refractivity contribution is 7.13.